The van der Waals surface area contributed by atoms with Crippen molar-refractivity contribution in [1.29, 1.82) is 0 Å². The van der Waals surface area contributed by atoms with Gasteiger partial charge in [0, 0.05) is 37.8 Å². The average Bonchev–Trinajstić information content (AvgIpc) is 3.26. The second-order valence-electron chi connectivity index (χ2n) is 10.3. The number of hydrogen-bond acceptors (Lipinski definition) is 6. The molecule has 1 unspecified atom stereocenters. The number of carbonyl (C=O) groups is 1. The first-order chi connectivity index (χ1) is 15.1. The molecule has 3 aliphatic rings. The van der Waals surface area contributed by atoms with Crippen LogP contribution in [0.3, 0.4) is 0 Å². The molecule has 8 nitrogen and oxygen atoms in total. The smallest absolute Gasteiger partial charge is 0.251 e. The van der Waals surface area contributed by atoms with Crippen LogP contribution in [0.15, 0.2) is 23.1 Å². The molecule has 2 saturated carbocycles. The third kappa shape index (κ3) is 4.04. The second kappa shape index (κ2) is 8.59. The van der Waals surface area contributed by atoms with Crippen molar-refractivity contribution in [2.45, 2.75) is 51.0 Å². The van der Waals surface area contributed by atoms with E-state index in [9.17, 15) is 13.2 Å². The van der Waals surface area contributed by atoms with Crippen LogP contribution in [0.1, 0.15) is 50.4 Å². The van der Waals surface area contributed by atoms with E-state index in [0.29, 0.717) is 56.6 Å². The van der Waals surface area contributed by atoms with Crippen LogP contribution in [-0.2, 0) is 14.8 Å². The third-order valence-corrected chi connectivity index (χ3v) is 9.78. The van der Waals surface area contributed by atoms with Crippen LogP contribution in [0, 0.1) is 16.7 Å². The van der Waals surface area contributed by atoms with Crippen molar-refractivity contribution in [3.63, 3.8) is 0 Å². The zero-order valence-corrected chi connectivity index (χ0v) is 20.1. The molecule has 4 rings (SSSR count). The fraction of sp³-hybridized carbons (Fsp3) is 0.696. The number of rotatable bonds is 7. The summed E-state index contributed by atoms with van der Waals surface area (Å²) in [6, 6.07) is 4.93. The lowest BCUT2D eigenvalue weighted by molar-refractivity contribution is 0.0729. The minimum Gasteiger partial charge on any atom is -0.383 e. The SMILES string of the molecule is CC1(C)C(NC(=O)c2ccc(NCCN)c(S(=O)(=O)N3CCOCC3)c2)[C@@]2(C)CC[C@@H]1C2. The maximum Gasteiger partial charge on any atom is 0.251 e. The van der Waals surface area contributed by atoms with E-state index >= 15 is 0 Å². The molecule has 0 aromatic heterocycles. The van der Waals surface area contributed by atoms with Crippen LogP contribution < -0.4 is 16.4 Å². The van der Waals surface area contributed by atoms with Gasteiger partial charge in [0.1, 0.15) is 4.90 Å². The van der Waals surface area contributed by atoms with Crippen molar-refractivity contribution < 1.29 is 17.9 Å². The summed E-state index contributed by atoms with van der Waals surface area (Å²) in [5.74, 6) is 0.388. The number of morpholine rings is 1. The van der Waals surface area contributed by atoms with Crippen LogP contribution in [0.25, 0.3) is 0 Å². The summed E-state index contributed by atoms with van der Waals surface area (Å²) in [7, 11) is -3.78. The van der Waals surface area contributed by atoms with Crippen LogP contribution in [0.2, 0.25) is 0 Å². The van der Waals surface area contributed by atoms with Crippen molar-refractivity contribution in [3.8, 4) is 0 Å². The van der Waals surface area contributed by atoms with Gasteiger partial charge in [-0.3, -0.25) is 4.79 Å². The zero-order chi connectivity index (χ0) is 23.1. The maximum atomic E-state index is 13.4. The van der Waals surface area contributed by atoms with Gasteiger partial charge >= 0.3 is 0 Å². The Morgan fingerprint density at radius 3 is 2.59 bits per heavy atom. The van der Waals surface area contributed by atoms with Gasteiger partial charge in [0.15, 0.2) is 0 Å². The van der Waals surface area contributed by atoms with Crippen molar-refractivity contribution in [1.82, 2.24) is 9.62 Å². The number of benzene rings is 1. The first-order valence-electron chi connectivity index (χ1n) is 11.6. The predicted octanol–water partition coefficient (Wildman–Crippen LogP) is 2.02. The van der Waals surface area contributed by atoms with E-state index in [1.807, 2.05) is 0 Å². The number of anilines is 1. The van der Waals surface area contributed by atoms with Crippen molar-refractivity contribution in [2.75, 3.05) is 44.7 Å². The highest BCUT2D eigenvalue weighted by molar-refractivity contribution is 7.89. The highest BCUT2D eigenvalue weighted by Gasteiger charge is 2.59. The number of nitrogens with zero attached hydrogens (tertiary/aromatic N) is 1. The van der Waals surface area contributed by atoms with Crippen LogP contribution in [-0.4, -0.2) is 64.1 Å². The lowest BCUT2D eigenvalue weighted by atomic mass is 9.68. The summed E-state index contributed by atoms with van der Waals surface area (Å²) in [6.07, 6.45) is 3.45. The van der Waals surface area contributed by atoms with Crippen molar-refractivity contribution in [2.24, 2.45) is 22.5 Å². The predicted molar refractivity (Wildman–Crippen MR) is 124 cm³/mol. The largest absolute Gasteiger partial charge is 0.383 e. The van der Waals surface area contributed by atoms with E-state index in [2.05, 4.69) is 31.4 Å². The van der Waals surface area contributed by atoms with E-state index < -0.39 is 10.0 Å². The molecule has 1 heterocycles. The van der Waals surface area contributed by atoms with Gasteiger partial charge in [-0.1, -0.05) is 20.8 Å². The monoisotopic (exact) mass is 464 g/mol. The molecule has 1 saturated heterocycles. The number of amides is 1. The topological polar surface area (TPSA) is 114 Å². The van der Waals surface area contributed by atoms with E-state index in [4.69, 9.17) is 10.5 Å². The first kappa shape index (κ1) is 23.5. The number of carbonyl (C=O) groups excluding carboxylic acids is 1. The minimum absolute atomic E-state index is 0.0218. The molecule has 3 fully saturated rings. The van der Waals surface area contributed by atoms with Crippen molar-refractivity contribution in [3.05, 3.63) is 23.8 Å². The number of ether oxygens (including phenoxy) is 1. The van der Waals surface area contributed by atoms with E-state index in [1.54, 1.807) is 12.1 Å². The van der Waals surface area contributed by atoms with Crippen LogP contribution in [0.4, 0.5) is 5.69 Å². The Bertz CT molecular complexity index is 969. The van der Waals surface area contributed by atoms with Gasteiger partial charge in [-0.05, 0) is 54.2 Å². The number of nitrogens with two attached hydrogens (primary N) is 1. The van der Waals surface area contributed by atoms with Gasteiger partial charge in [-0.15, -0.1) is 0 Å². The first-order valence-corrected chi connectivity index (χ1v) is 13.0. The fourth-order valence-electron chi connectivity index (χ4n) is 6.03. The standard InChI is InChI=1S/C23H36N4O4S/c1-22(2)17-6-7-23(3,15-17)21(22)26-20(28)16-4-5-18(25-9-8-24)19(14-16)32(29,30)27-10-12-31-13-11-27/h4-5,14,17,21,25H,6-13,15,24H2,1-3H3,(H,26,28)/t17-,21?,23+/m1/s1. The quantitative estimate of drug-likeness (QED) is 0.569. The van der Waals surface area contributed by atoms with Gasteiger partial charge in [-0.25, -0.2) is 8.42 Å². The molecule has 1 aliphatic heterocycles. The molecule has 0 radical (unpaired) electrons. The Morgan fingerprint density at radius 2 is 1.97 bits per heavy atom. The summed E-state index contributed by atoms with van der Waals surface area (Å²) in [4.78, 5) is 13.4. The molecule has 4 N–H and O–H groups in total. The molecule has 178 valence electrons. The fourth-order valence-corrected chi connectivity index (χ4v) is 7.63. The molecule has 0 spiro atoms. The summed E-state index contributed by atoms with van der Waals surface area (Å²) in [5, 5.41) is 6.37. The highest BCUT2D eigenvalue weighted by atomic mass is 32.2. The molecule has 2 bridgehead atoms. The molecule has 1 aromatic rings. The van der Waals surface area contributed by atoms with Gasteiger partial charge in [0.25, 0.3) is 5.91 Å². The van der Waals surface area contributed by atoms with E-state index in [1.165, 1.54) is 16.8 Å². The van der Waals surface area contributed by atoms with Gasteiger partial charge in [0.05, 0.1) is 18.9 Å². The Morgan fingerprint density at radius 1 is 1.25 bits per heavy atom. The molecule has 3 atom stereocenters. The van der Waals surface area contributed by atoms with E-state index in [0.717, 1.165) is 12.8 Å². The molecule has 1 aromatic carbocycles. The summed E-state index contributed by atoms with van der Waals surface area (Å²) < 4.78 is 33.6. The normalized spacial score (nSPS) is 29.8. The Hall–Kier alpha value is -1.68. The number of sulfonamides is 1. The highest BCUT2D eigenvalue weighted by Crippen LogP contribution is 2.62. The number of nitrogens with one attached hydrogen (secondary N) is 2. The lowest BCUT2D eigenvalue weighted by Gasteiger charge is -2.43. The Balaban J connectivity index is 1.63. The van der Waals surface area contributed by atoms with Crippen LogP contribution in [0.5, 0.6) is 0 Å². The number of hydrogen-bond donors (Lipinski definition) is 3. The lowest BCUT2D eigenvalue weighted by Crippen LogP contribution is -2.52. The average molecular weight is 465 g/mol. The molecular weight excluding hydrogens is 428 g/mol. The second-order valence-corrected chi connectivity index (χ2v) is 12.2. The van der Waals surface area contributed by atoms with Gasteiger partial charge in [0.2, 0.25) is 10.0 Å². The summed E-state index contributed by atoms with van der Waals surface area (Å²) in [6.45, 7) is 8.87. The van der Waals surface area contributed by atoms with Gasteiger partial charge < -0.3 is 21.1 Å². The van der Waals surface area contributed by atoms with E-state index in [-0.39, 0.29) is 27.7 Å². The molecule has 32 heavy (non-hydrogen) atoms. The molecule has 2 aliphatic carbocycles. The molecule has 9 heteroatoms. The van der Waals surface area contributed by atoms with Gasteiger partial charge in [-0.2, -0.15) is 4.31 Å². The summed E-state index contributed by atoms with van der Waals surface area (Å²) >= 11 is 0. The minimum atomic E-state index is -3.78. The number of fused-ring (bicyclic) bond motifs is 2. The summed E-state index contributed by atoms with van der Waals surface area (Å²) in [5.41, 5.74) is 6.55. The van der Waals surface area contributed by atoms with Crippen molar-refractivity contribution >= 4 is 21.6 Å². The zero-order valence-electron chi connectivity index (χ0n) is 19.3. The maximum absolute atomic E-state index is 13.4. The van der Waals surface area contributed by atoms with Crippen LogP contribution >= 0.6 is 0 Å². The molecular formula is C23H36N4O4S. The Labute approximate surface area is 191 Å². The third-order valence-electron chi connectivity index (χ3n) is 7.84. The molecule has 1 amide bonds. The Kier molecular flexibility index (Phi) is 6.30.